The fourth-order valence-corrected chi connectivity index (χ4v) is 2.51. The van der Waals surface area contributed by atoms with Crippen LogP contribution in [0.1, 0.15) is 5.56 Å². The number of nitrogens with zero attached hydrogens (tertiary/aromatic N) is 1. The van der Waals surface area contributed by atoms with Crippen molar-refractivity contribution in [2.75, 3.05) is 4.72 Å². The predicted octanol–water partition coefficient (Wildman–Crippen LogP) is 0.667. The van der Waals surface area contributed by atoms with E-state index in [1.54, 1.807) is 18.2 Å². The first-order valence-electron chi connectivity index (χ1n) is 3.66. The second-order valence-electron chi connectivity index (χ2n) is 2.74. The van der Waals surface area contributed by atoms with Crippen LogP contribution >= 0.6 is 22.6 Å². The molecule has 14 heavy (non-hydrogen) atoms. The number of benzene rings is 1. The van der Waals surface area contributed by atoms with E-state index in [9.17, 15) is 8.42 Å². The standard InChI is InChI=1S/C7H6IN3O2S/c8-4-1-2-6-5(3-4)7(9)11-14(12,13)10-6/h1-3,10H,(H2,9,11). The van der Waals surface area contributed by atoms with Crippen LogP contribution in [0, 0.1) is 3.57 Å². The lowest BCUT2D eigenvalue weighted by Gasteiger charge is -2.15. The van der Waals surface area contributed by atoms with Crippen LogP contribution in [0.15, 0.2) is 22.6 Å². The van der Waals surface area contributed by atoms with Crippen LogP contribution in [0.5, 0.6) is 0 Å². The van der Waals surface area contributed by atoms with Crippen molar-refractivity contribution in [1.82, 2.24) is 0 Å². The minimum Gasteiger partial charge on any atom is -0.382 e. The number of hydrogen-bond donors (Lipinski definition) is 2. The van der Waals surface area contributed by atoms with Crippen LogP contribution in [0.2, 0.25) is 0 Å². The highest BCUT2D eigenvalue weighted by atomic mass is 127. The van der Waals surface area contributed by atoms with Crippen molar-refractivity contribution in [3.63, 3.8) is 0 Å². The summed E-state index contributed by atoms with van der Waals surface area (Å²) >= 11 is 2.12. The van der Waals surface area contributed by atoms with Gasteiger partial charge in [0.15, 0.2) is 0 Å². The highest BCUT2D eigenvalue weighted by Crippen LogP contribution is 2.23. The predicted molar refractivity (Wildman–Crippen MR) is 62.4 cm³/mol. The number of fused-ring (bicyclic) bond motifs is 1. The number of nitrogens with two attached hydrogens (primary N) is 1. The molecule has 0 saturated carbocycles. The molecule has 0 bridgehead atoms. The summed E-state index contributed by atoms with van der Waals surface area (Å²) in [6.07, 6.45) is 0. The molecule has 5 nitrogen and oxygen atoms in total. The minimum absolute atomic E-state index is 0.0252. The maximum absolute atomic E-state index is 11.1. The molecule has 0 aliphatic carbocycles. The van der Waals surface area contributed by atoms with Gasteiger partial charge in [-0.15, -0.1) is 4.40 Å². The molecule has 0 spiro atoms. The summed E-state index contributed by atoms with van der Waals surface area (Å²) in [7, 11) is -3.65. The van der Waals surface area contributed by atoms with Crippen LogP contribution in [0.3, 0.4) is 0 Å². The SMILES string of the molecule is NC1=NS(=O)(=O)Nc2ccc(I)cc21. The summed E-state index contributed by atoms with van der Waals surface area (Å²) in [5, 5.41) is 0. The van der Waals surface area contributed by atoms with Gasteiger partial charge >= 0.3 is 10.2 Å². The first-order chi connectivity index (χ1) is 6.48. The number of nitrogens with one attached hydrogen (secondary N) is 1. The van der Waals surface area contributed by atoms with Crippen molar-refractivity contribution in [2.24, 2.45) is 10.1 Å². The summed E-state index contributed by atoms with van der Waals surface area (Å²) in [5.41, 5.74) is 6.61. The molecule has 3 N–H and O–H groups in total. The Morgan fingerprint density at radius 2 is 2.14 bits per heavy atom. The van der Waals surface area contributed by atoms with Gasteiger partial charge in [-0.05, 0) is 40.8 Å². The lowest BCUT2D eigenvalue weighted by atomic mass is 10.2. The average Bonchev–Trinajstić information content (AvgIpc) is 2.05. The lowest BCUT2D eigenvalue weighted by molar-refractivity contribution is 0.602. The van der Waals surface area contributed by atoms with E-state index in [0.29, 0.717) is 11.3 Å². The van der Waals surface area contributed by atoms with E-state index in [1.165, 1.54) is 0 Å². The van der Waals surface area contributed by atoms with Crippen molar-refractivity contribution in [1.29, 1.82) is 0 Å². The zero-order valence-electron chi connectivity index (χ0n) is 6.86. The van der Waals surface area contributed by atoms with Crippen molar-refractivity contribution >= 4 is 44.3 Å². The first-order valence-corrected chi connectivity index (χ1v) is 6.18. The third-order valence-electron chi connectivity index (χ3n) is 1.72. The molecule has 2 rings (SSSR count). The van der Waals surface area contributed by atoms with Crippen molar-refractivity contribution in [3.05, 3.63) is 27.3 Å². The maximum atomic E-state index is 11.1. The molecule has 1 heterocycles. The van der Waals surface area contributed by atoms with Gasteiger partial charge in [0.1, 0.15) is 5.84 Å². The molecule has 1 aliphatic rings. The van der Waals surface area contributed by atoms with Crippen LogP contribution in [-0.4, -0.2) is 14.3 Å². The molecule has 7 heteroatoms. The second-order valence-corrected chi connectivity index (χ2v) is 5.33. The molecular weight excluding hydrogens is 317 g/mol. The monoisotopic (exact) mass is 323 g/mol. The molecule has 0 amide bonds. The van der Waals surface area contributed by atoms with Gasteiger partial charge in [0, 0.05) is 9.13 Å². The Balaban J connectivity index is 2.68. The van der Waals surface area contributed by atoms with Crippen LogP contribution in [-0.2, 0) is 10.2 Å². The largest absolute Gasteiger partial charge is 0.382 e. The molecule has 74 valence electrons. The van der Waals surface area contributed by atoms with Gasteiger partial charge in [-0.1, -0.05) is 0 Å². The molecule has 0 radical (unpaired) electrons. The zero-order valence-corrected chi connectivity index (χ0v) is 9.83. The van der Waals surface area contributed by atoms with Gasteiger partial charge in [0.2, 0.25) is 0 Å². The van der Waals surface area contributed by atoms with Crippen LogP contribution in [0.25, 0.3) is 0 Å². The molecular formula is C7H6IN3O2S. The Kier molecular flexibility index (Phi) is 2.14. The highest BCUT2D eigenvalue weighted by Gasteiger charge is 2.20. The van der Waals surface area contributed by atoms with Crippen molar-refractivity contribution < 1.29 is 8.42 Å². The molecule has 0 unspecified atom stereocenters. The van der Waals surface area contributed by atoms with E-state index in [2.05, 4.69) is 31.7 Å². The summed E-state index contributed by atoms with van der Waals surface area (Å²) in [5.74, 6) is 0.0252. The van der Waals surface area contributed by atoms with Gasteiger partial charge in [0.05, 0.1) is 5.69 Å². The molecule has 1 aromatic carbocycles. The van der Waals surface area contributed by atoms with E-state index < -0.39 is 10.2 Å². The molecule has 0 atom stereocenters. The van der Waals surface area contributed by atoms with Crippen LogP contribution in [0.4, 0.5) is 5.69 Å². The first kappa shape index (κ1) is 9.71. The Morgan fingerprint density at radius 1 is 1.43 bits per heavy atom. The normalized spacial score (nSPS) is 17.9. The smallest absolute Gasteiger partial charge is 0.344 e. The molecule has 1 aliphatic heterocycles. The number of anilines is 1. The van der Waals surface area contributed by atoms with E-state index in [4.69, 9.17) is 5.73 Å². The summed E-state index contributed by atoms with van der Waals surface area (Å²) < 4.78 is 28.9. The van der Waals surface area contributed by atoms with E-state index in [1.807, 2.05) is 0 Å². The Morgan fingerprint density at radius 3 is 2.86 bits per heavy atom. The topological polar surface area (TPSA) is 84.5 Å². The van der Waals surface area contributed by atoms with Gasteiger partial charge < -0.3 is 5.73 Å². The van der Waals surface area contributed by atoms with Crippen LogP contribution < -0.4 is 10.5 Å². The van der Waals surface area contributed by atoms with Crippen molar-refractivity contribution in [2.45, 2.75) is 0 Å². The minimum atomic E-state index is -3.65. The quantitative estimate of drug-likeness (QED) is 0.688. The maximum Gasteiger partial charge on any atom is 0.344 e. The van der Waals surface area contributed by atoms with E-state index >= 15 is 0 Å². The third kappa shape index (κ3) is 1.69. The average molecular weight is 323 g/mol. The molecule has 1 aromatic rings. The summed E-state index contributed by atoms with van der Waals surface area (Å²) in [6.45, 7) is 0. The summed E-state index contributed by atoms with van der Waals surface area (Å²) in [6, 6.07) is 5.23. The van der Waals surface area contributed by atoms with Crippen molar-refractivity contribution in [3.8, 4) is 0 Å². The Hall–Kier alpha value is -0.830. The number of amidine groups is 1. The Labute approximate surface area is 94.7 Å². The fourth-order valence-electron chi connectivity index (χ4n) is 1.16. The second kappa shape index (κ2) is 3.09. The van der Waals surface area contributed by atoms with E-state index in [0.717, 1.165) is 3.57 Å². The van der Waals surface area contributed by atoms with Gasteiger partial charge in [0.25, 0.3) is 0 Å². The lowest BCUT2D eigenvalue weighted by Crippen LogP contribution is -2.26. The molecule has 0 saturated heterocycles. The molecule has 0 fully saturated rings. The molecule has 0 aromatic heterocycles. The highest BCUT2D eigenvalue weighted by molar-refractivity contribution is 14.1. The fraction of sp³-hybridized carbons (Fsp3) is 0. The van der Waals surface area contributed by atoms with E-state index in [-0.39, 0.29) is 5.84 Å². The zero-order chi connectivity index (χ0) is 10.3. The Bertz CT molecular complexity index is 524. The third-order valence-corrected chi connectivity index (χ3v) is 3.30. The van der Waals surface area contributed by atoms with Gasteiger partial charge in [-0.3, -0.25) is 4.72 Å². The number of hydrogen-bond acceptors (Lipinski definition) is 3. The van der Waals surface area contributed by atoms with Gasteiger partial charge in [-0.25, -0.2) is 0 Å². The van der Waals surface area contributed by atoms with Gasteiger partial charge in [-0.2, -0.15) is 8.42 Å². The number of rotatable bonds is 0. The number of halogens is 1. The summed E-state index contributed by atoms with van der Waals surface area (Å²) in [4.78, 5) is 0.